The lowest BCUT2D eigenvalue weighted by atomic mass is 9.86. The standard InChI is InChI=1S/C34H56N2O7/c1-10-17-35-32(38)19-28-21-34(8,40-9)20-27(43-28)14-11-23(4)12-15-30-24(5)18-29(26(7)42-30)36-31(37)16-13-25(6)41-33(39)22(2)3/h11-14,16,22,24-30H,10,15,17-21H2,1-9H3,(H,35,38)(H,36,37)/b14-11+,16-13-,23-12+/t24?,25?,26?,27?,28-,29?,30?,34?/m1/s1. The van der Waals surface area contributed by atoms with Gasteiger partial charge in [0.2, 0.25) is 11.8 Å². The first-order valence-electron chi connectivity index (χ1n) is 15.9. The molecule has 0 radical (unpaired) electrons. The quantitative estimate of drug-likeness (QED) is 0.159. The molecule has 0 aliphatic carbocycles. The topological polar surface area (TPSA) is 112 Å². The summed E-state index contributed by atoms with van der Waals surface area (Å²) in [7, 11) is 1.72. The van der Waals surface area contributed by atoms with Gasteiger partial charge in [0.05, 0.1) is 48.4 Å². The first kappa shape index (κ1) is 36.7. The van der Waals surface area contributed by atoms with E-state index in [0.717, 1.165) is 31.3 Å². The Morgan fingerprint density at radius 3 is 2.47 bits per heavy atom. The second-order valence-electron chi connectivity index (χ2n) is 12.8. The predicted octanol–water partition coefficient (Wildman–Crippen LogP) is 5.19. The van der Waals surface area contributed by atoms with E-state index < -0.39 is 6.10 Å². The van der Waals surface area contributed by atoms with Crippen molar-refractivity contribution >= 4 is 17.8 Å². The number of carbonyl (C=O) groups excluding carboxylic acids is 3. The van der Waals surface area contributed by atoms with Crippen molar-refractivity contribution in [3.63, 3.8) is 0 Å². The average molecular weight is 605 g/mol. The van der Waals surface area contributed by atoms with Crippen molar-refractivity contribution in [1.82, 2.24) is 10.6 Å². The van der Waals surface area contributed by atoms with Gasteiger partial charge in [-0.15, -0.1) is 0 Å². The molecule has 2 saturated heterocycles. The van der Waals surface area contributed by atoms with Gasteiger partial charge in [0.25, 0.3) is 0 Å². The van der Waals surface area contributed by atoms with Gasteiger partial charge in [0.15, 0.2) is 0 Å². The molecule has 0 aromatic carbocycles. The summed E-state index contributed by atoms with van der Waals surface area (Å²) in [5.74, 6) is -0.457. The van der Waals surface area contributed by atoms with Crippen LogP contribution in [0.2, 0.25) is 0 Å². The molecule has 244 valence electrons. The number of hydrogen-bond acceptors (Lipinski definition) is 7. The minimum atomic E-state index is -0.472. The summed E-state index contributed by atoms with van der Waals surface area (Å²) in [5, 5.41) is 5.98. The normalized spacial score (nSPS) is 30.9. The number of allylic oxidation sites excluding steroid dienone is 2. The molecular weight excluding hydrogens is 548 g/mol. The van der Waals surface area contributed by atoms with Crippen molar-refractivity contribution in [1.29, 1.82) is 0 Å². The zero-order valence-corrected chi connectivity index (χ0v) is 27.8. The SMILES string of the molecule is CCCNC(=O)C[C@@H]1CC(C)(OC)CC(/C=C/C(C)=C/CC2OC(C)C(NC(=O)/C=C\C(C)OC(=O)C(C)C)CC2C)O1. The predicted molar refractivity (Wildman–Crippen MR) is 168 cm³/mol. The first-order chi connectivity index (χ1) is 20.2. The van der Waals surface area contributed by atoms with Crippen LogP contribution in [0.4, 0.5) is 0 Å². The Morgan fingerprint density at radius 2 is 1.81 bits per heavy atom. The highest BCUT2D eigenvalue weighted by atomic mass is 16.5. The highest BCUT2D eigenvalue weighted by Gasteiger charge is 2.38. The van der Waals surface area contributed by atoms with Gasteiger partial charge in [-0.2, -0.15) is 0 Å². The Hall–Kier alpha value is -2.49. The molecule has 2 fully saturated rings. The molecule has 0 aromatic rings. The van der Waals surface area contributed by atoms with Crippen LogP contribution in [0.5, 0.6) is 0 Å². The van der Waals surface area contributed by atoms with Crippen molar-refractivity contribution in [3.8, 4) is 0 Å². The van der Waals surface area contributed by atoms with Crippen molar-refractivity contribution in [2.75, 3.05) is 13.7 Å². The molecule has 7 unspecified atom stereocenters. The summed E-state index contributed by atoms with van der Waals surface area (Å²) < 4.78 is 23.7. The zero-order valence-electron chi connectivity index (χ0n) is 27.8. The smallest absolute Gasteiger partial charge is 0.308 e. The average Bonchev–Trinajstić information content (AvgIpc) is 2.94. The molecule has 2 rings (SSSR count). The summed E-state index contributed by atoms with van der Waals surface area (Å²) in [6, 6.07) is -0.0996. The highest BCUT2D eigenvalue weighted by Crippen LogP contribution is 2.33. The summed E-state index contributed by atoms with van der Waals surface area (Å²) in [4.78, 5) is 36.5. The van der Waals surface area contributed by atoms with E-state index in [2.05, 4.69) is 49.6 Å². The Morgan fingerprint density at radius 1 is 1.09 bits per heavy atom. The van der Waals surface area contributed by atoms with Gasteiger partial charge < -0.3 is 29.6 Å². The molecule has 8 atom stereocenters. The molecule has 2 heterocycles. The van der Waals surface area contributed by atoms with Gasteiger partial charge in [-0.25, -0.2) is 0 Å². The Kier molecular flexibility index (Phi) is 15.1. The van der Waals surface area contributed by atoms with Crippen LogP contribution in [-0.2, 0) is 33.3 Å². The fourth-order valence-corrected chi connectivity index (χ4v) is 5.43. The molecule has 2 aliphatic heterocycles. The van der Waals surface area contributed by atoms with Crippen LogP contribution in [-0.4, -0.2) is 73.6 Å². The number of amides is 2. The van der Waals surface area contributed by atoms with Crippen LogP contribution < -0.4 is 10.6 Å². The third-order valence-corrected chi connectivity index (χ3v) is 8.22. The molecule has 0 saturated carbocycles. The summed E-state index contributed by atoms with van der Waals surface area (Å²) in [5.41, 5.74) is 0.768. The zero-order chi connectivity index (χ0) is 32.2. The molecule has 2 aliphatic rings. The highest BCUT2D eigenvalue weighted by molar-refractivity contribution is 5.87. The van der Waals surface area contributed by atoms with Crippen molar-refractivity contribution in [2.45, 2.75) is 136 Å². The van der Waals surface area contributed by atoms with E-state index in [-0.39, 0.29) is 65.7 Å². The number of nitrogens with one attached hydrogen (secondary N) is 2. The molecule has 9 heteroatoms. The van der Waals surface area contributed by atoms with E-state index in [4.69, 9.17) is 18.9 Å². The van der Waals surface area contributed by atoms with E-state index in [1.54, 1.807) is 34.0 Å². The van der Waals surface area contributed by atoms with Crippen molar-refractivity contribution in [2.24, 2.45) is 11.8 Å². The minimum Gasteiger partial charge on any atom is -0.458 e. The summed E-state index contributed by atoms with van der Waals surface area (Å²) >= 11 is 0. The van der Waals surface area contributed by atoms with E-state index in [1.807, 2.05) is 13.8 Å². The molecule has 0 aromatic heterocycles. The molecule has 2 N–H and O–H groups in total. The lowest BCUT2D eigenvalue weighted by Gasteiger charge is -2.40. The number of methoxy groups -OCH3 is 1. The van der Waals surface area contributed by atoms with Gasteiger partial charge in [0.1, 0.15) is 6.10 Å². The maximum Gasteiger partial charge on any atom is 0.308 e. The molecule has 43 heavy (non-hydrogen) atoms. The summed E-state index contributed by atoms with van der Waals surface area (Å²) in [6.45, 7) is 16.3. The number of rotatable bonds is 14. The molecular formula is C34H56N2O7. The van der Waals surface area contributed by atoms with Gasteiger partial charge in [-0.1, -0.05) is 51.5 Å². The maximum atomic E-state index is 12.5. The van der Waals surface area contributed by atoms with E-state index >= 15 is 0 Å². The van der Waals surface area contributed by atoms with Crippen LogP contribution >= 0.6 is 0 Å². The van der Waals surface area contributed by atoms with Gasteiger partial charge in [0, 0.05) is 32.6 Å². The van der Waals surface area contributed by atoms with E-state index in [0.29, 0.717) is 19.4 Å². The van der Waals surface area contributed by atoms with Gasteiger partial charge >= 0.3 is 5.97 Å². The Balaban J connectivity index is 1.88. The number of ether oxygens (including phenoxy) is 4. The van der Waals surface area contributed by atoms with Crippen LogP contribution in [0, 0.1) is 11.8 Å². The molecule has 0 spiro atoms. The van der Waals surface area contributed by atoms with Crippen LogP contribution in [0.3, 0.4) is 0 Å². The van der Waals surface area contributed by atoms with Crippen LogP contribution in [0.25, 0.3) is 0 Å². The fourth-order valence-electron chi connectivity index (χ4n) is 5.43. The minimum absolute atomic E-state index is 0.0131. The van der Waals surface area contributed by atoms with Crippen LogP contribution in [0.1, 0.15) is 93.9 Å². The lowest BCUT2D eigenvalue weighted by molar-refractivity contribution is -0.150. The van der Waals surface area contributed by atoms with E-state index in [9.17, 15) is 14.4 Å². The third-order valence-electron chi connectivity index (χ3n) is 8.22. The molecule has 0 bridgehead atoms. The lowest BCUT2D eigenvalue weighted by Crippen LogP contribution is -2.50. The number of esters is 1. The largest absolute Gasteiger partial charge is 0.458 e. The third kappa shape index (κ3) is 13.0. The first-order valence-corrected chi connectivity index (χ1v) is 15.9. The monoisotopic (exact) mass is 604 g/mol. The molecule has 2 amide bonds. The Bertz CT molecular complexity index is 1010. The maximum absolute atomic E-state index is 12.5. The second kappa shape index (κ2) is 17.7. The second-order valence-corrected chi connectivity index (χ2v) is 12.8. The van der Waals surface area contributed by atoms with E-state index in [1.165, 1.54) is 6.08 Å². The number of carbonyl (C=O) groups is 3. The Labute approximate surface area is 259 Å². The van der Waals surface area contributed by atoms with Crippen molar-refractivity contribution < 1.29 is 33.3 Å². The molecule has 9 nitrogen and oxygen atoms in total. The van der Waals surface area contributed by atoms with Gasteiger partial charge in [-0.05, 0) is 59.0 Å². The summed E-state index contributed by atoms with van der Waals surface area (Å²) in [6.07, 6.45) is 12.7. The van der Waals surface area contributed by atoms with Crippen molar-refractivity contribution in [3.05, 3.63) is 36.0 Å². The number of hydrogen-bond donors (Lipinski definition) is 2. The van der Waals surface area contributed by atoms with Crippen LogP contribution in [0.15, 0.2) is 36.0 Å². The van der Waals surface area contributed by atoms with Gasteiger partial charge in [-0.3, -0.25) is 14.4 Å². The fraction of sp³-hybridized carbons (Fsp3) is 0.735.